The van der Waals surface area contributed by atoms with Crippen molar-refractivity contribution in [1.29, 1.82) is 0 Å². The summed E-state index contributed by atoms with van der Waals surface area (Å²) in [6.07, 6.45) is 1.31. The SMILES string of the molecule is CCOCCCC(=O)NCC(C)(C)CN. The van der Waals surface area contributed by atoms with E-state index in [1.54, 1.807) is 0 Å². The van der Waals surface area contributed by atoms with Gasteiger partial charge in [-0.1, -0.05) is 13.8 Å². The van der Waals surface area contributed by atoms with E-state index in [9.17, 15) is 4.79 Å². The average molecular weight is 216 g/mol. The van der Waals surface area contributed by atoms with Crippen molar-refractivity contribution in [2.45, 2.75) is 33.6 Å². The first-order chi connectivity index (χ1) is 7.02. The highest BCUT2D eigenvalue weighted by Gasteiger charge is 2.16. The van der Waals surface area contributed by atoms with Crippen LogP contribution in [0, 0.1) is 5.41 Å². The van der Waals surface area contributed by atoms with Gasteiger partial charge in [-0.25, -0.2) is 0 Å². The number of rotatable bonds is 8. The number of nitrogens with one attached hydrogen (secondary N) is 1. The molecule has 15 heavy (non-hydrogen) atoms. The van der Waals surface area contributed by atoms with Gasteiger partial charge in [-0.05, 0) is 25.3 Å². The van der Waals surface area contributed by atoms with Crippen molar-refractivity contribution in [3.63, 3.8) is 0 Å². The van der Waals surface area contributed by atoms with E-state index < -0.39 is 0 Å². The van der Waals surface area contributed by atoms with E-state index in [1.165, 1.54) is 0 Å². The summed E-state index contributed by atoms with van der Waals surface area (Å²) >= 11 is 0. The molecule has 0 aliphatic carbocycles. The van der Waals surface area contributed by atoms with Gasteiger partial charge >= 0.3 is 0 Å². The fraction of sp³-hybridized carbons (Fsp3) is 0.909. The van der Waals surface area contributed by atoms with Gasteiger partial charge in [-0.15, -0.1) is 0 Å². The van der Waals surface area contributed by atoms with Gasteiger partial charge in [0.2, 0.25) is 5.91 Å². The number of hydrogen-bond acceptors (Lipinski definition) is 3. The molecule has 0 atom stereocenters. The van der Waals surface area contributed by atoms with Crippen LogP contribution in [0.1, 0.15) is 33.6 Å². The molecule has 0 aromatic carbocycles. The summed E-state index contributed by atoms with van der Waals surface area (Å²) in [6.45, 7) is 8.60. The maximum atomic E-state index is 11.4. The molecule has 90 valence electrons. The molecule has 0 saturated carbocycles. The standard InChI is InChI=1S/C11H24N2O2/c1-4-15-7-5-6-10(14)13-9-11(2,3)8-12/h4-9,12H2,1-3H3,(H,13,14). The Hall–Kier alpha value is -0.610. The van der Waals surface area contributed by atoms with Gasteiger partial charge in [0.05, 0.1) is 0 Å². The fourth-order valence-corrected chi connectivity index (χ4v) is 0.978. The van der Waals surface area contributed by atoms with E-state index in [1.807, 2.05) is 20.8 Å². The van der Waals surface area contributed by atoms with Crippen LogP contribution >= 0.6 is 0 Å². The molecule has 0 bridgehead atoms. The van der Waals surface area contributed by atoms with E-state index in [2.05, 4.69) is 5.32 Å². The van der Waals surface area contributed by atoms with Crippen LogP contribution in [-0.4, -0.2) is 32.2 Å². The zero-order valence-electron chi connectivity index (χ0n) is 10.1. The van der Waals surface area contributed by atoms with E-state index >= 15 is 0 Å². The molecular weight excluding hydrogens is 192 g/mol. The summed E-state index contributed by atoms with van der Waals surface area (Å²) in [5.41, 5.74) is 5.54. The van der Waals surface area contributed by atoms with E-state index in [-0.39, 0.29) is 11.3 Å². The molecule has 0 aromatic rings. The molecule has 4 nitrogen and oxygen atoms in total. The maximum absolute atomic E-state index is 11.4. The van der Waals surface area contributed by atoms with Gasteiger partial charge in [0.1, 0.15) is 0 Å². The summed E-state index contributed by atoms with van der Waals surface area (Å²) < 4.78 is 5.15. The topological polar surface area (TPSA) is 64.3 Å². The second kappa shape index (κ2) is 7.65. The first-order valence-corrected chi connectivity index (χ1v) is 5.56. The Bertz CT molecular complexity index is 181. The van der Waals surface area contributed by atoms with Crippen LogP contribution < -0.4 is 11.1 Å². The minimum atomic E-state index is -0.0183. The Balaban J connectivity index is 3.49. The van der Waals surface area contributed by atoms with Crippen molar-refractivity contribution in [2.75, 3.05) is 26.3 Å². The van der Waals surface area contributed by atoms with Gasteiger partial charge in [0.15, 0.2) is 0 Å². The lowest BCUT2D eigenvalue weighted by Crippen LogP contribution is -2.38. The number of nitrogens with two attached hydrogens (primary N) is 1. The van der Waals surface area contributed by atoms with Crippen LogP contribution in [0.4, 0.5) is 0 Å². The van der Waals surface area contributed by atoms with Crippen LogP contribution in [-0.2, 0) is 9.53 Å². The molecular formula is C11H24N2O2. The third-order valence-electron chi connectivity index (χ3n) is 2.21. The van der Waals surface area contributed by atoms with Crippen LogP contribution in [0.25, 0.3) is 0 Å². The van der Waals surface area contributed by atoms with Crippen molar-refractivity contribution in [1.82, 2.24) is 5.32 Å². The second-order valence-electron chi connectivity index (χ2n) is 4.45. The van der Waals surface area contributed by atoms with Crippen LogP contribution in [0.3, 0.4) is 0 Å². The highest BCUT2D eigenvalue weighted by molar-refractivity contribution is 5.75. The van der Waals surface area contributed by atoms with Crippen molar-refractivity contribution >= 4 is 5.91 Å². The van der Waals surface area contributed by atoms with E-state index in [0.29, 0.717) is 32.7 Å². The first-order valence-electron chi connectivity index (χ1n) is 5.56. The Morgan fingerprint density at radius 1 is 1.47 bits per heavy atom. The predicted octanol–water partition coefficient (Wildman–Crippen LogP) is 0.904. The molecule has 0 saturated heterocycles. The smallest absolute Gasteiger partial charge is 0.220 e. The monoisotopic (exact) mass is 216 g/mol. The minimum absolute atomic E-state index is 0.0183. The Morgan fingerprint density at radius 2 is 2.13 bits per heavy atom. The summed E-state index contributed by atoms with van der Waals surface area (Å²) in [4.78, 5) is 11.4. The molecule has 4 heteroatoms. The van der Waals surface area contributed by atoms with Gasteiger partial charge < -0.3 is 15.8 Å². The molecule has 0 heterocycles. The third kappa shape index (κ3) is 8.39. The van der Waals surface area contributed by atoms with Gasteiger partial charge in [0.25, 0.3) is 0 Å². The highest BCUT2D eigenvalue weighted by atomic mass is 16.5. The molecule has 1 amide bonds. The van der Waals surface area contributed by atoms with Crippen LogP contribution in [0.2, 0.25) is 0 Å². The molecule has 0 aliphatic rings. The lowest BCUT2D eigenvalue weighted by Gasteiger charge is -2.22. The third-order valence-corrected chi connectivity index (χ3v) is 2.21. The van der Waals surface area contributed by atoms with Crippen molar-refractivity contribution in [3.05, 3.63) is 0 Å². The second-order valence-corrected chi connectivity index (χ2v) is 4.45. The number of carbonyl (C=O) groups is 1. The summed E-state index contributed by atoms with van der Waals surface area (Å²) in [5, 5.41) is 2.88. The number of hydrogen-bond donors (Lipinski definition) is 2. The first kappa shape index (κ1) is 14.4. The van der Waals surface area contributed by atoms with Gasteiger partial charge in [-0.2, -0.15) is 0 Å². The van der Waals surface area contributed by atoms with Gasteiger partial charge in [-0.3, -0.25) is 4.79 Å². The van der Waals surface area contributed by atoms with E-state index in [0.717, 1.165) is 6.42 Å². The largest absolute Gasteiger partial charge is 0.382 e. The van der Waals surface area contributed by atoms with Crippen molar-refractivity contribution in [2.24, 2.45) is 11.1 Å². The van der Waals surface area contributed by atoms with Crippen LogP contribution in [0.5, 0.6) is 0 Å². The van der Waals surface area contributed by atoms with Crippen molar-refractivity contribution in [3.8, 4) is 0 Å². The predicted molar refractivity (Wildman–Crippen MR) is 61.6 cm³/mol. The lowest BCUT2D eigenvalue weighted by molar-refractivity contribution is -0.121. The molecule has 0 aliphatic heterocycles. The molecule has 0 spiro atoms. The molecule has 0 rings (SSSR count). The molecule has 3 N–H and O–H groups in total. The summed E-state index contributed by atoms with van der Waals surface area (Å²) in [7, 11) is 0. The number of ether oxygens (including phenoxy) is 1. The van der Waals surface area contributed by atoms with Gasteiger partial charge in [0, 0.05) is 26.2 Å². The summed E-state index contributed by atoms with van der Waals surface area (Å²) in [5.74, 6) is 0.0798. The maximum Gasteiger partial charge on any atom is 0.220 e. The number of amides is 1. The molecule has 0 aromatic heterocycles. The normalized spacial score (nSPS) is 11.5. The quantitative estimate of drug-likeness (QED) is 0.593. The minimum Gasteiger partial charge on any atom is -0.382 e. The average Bonchev–Trinajstić information content (AvgIpc) is 2.22. The Kier molecular flexibility index (Phi) is 7.34. The zero-order chi connectivity index (χ0) is 11.7. The molecule has 0 radical (unpaired) electrons. The highest BCUT2D eigenvalue weighted by Crippen LogP contribution is 2.09. The van der Waals surface area contributed by atoms with E-state index in [4.69, 9.17) is 10.5 Å². The van der Waals surface area contributed by atoms with Crippen molar-refractivity contribution < 1.29 is 9.53 Å². The summed E-state index contributed by atoms with van der Waals surface area (Å²) in [6, 6.07) is 0. The lowest BCUT2D eigenvalue weighted by atomic mass is 9.94. The Morgan fingerprint density at radius 3 is 2.67 bits per heavy atom. The molecule has 0 unspecified atom stereocenters. The molecule has 0 fully saturated rings. The fourth-order valence-electron chi connectivity index (χ4n) is 0.978. The van der Waals surface area contributed by atoms with Crippen LogP contribution in [0.15, 0.2) is 0 Å². The number of carbonyl (C=O) groups excluding carboxylic acids is 1. The Labute approximate surface area is 92.6 Å². The zero-order valence-corrected chi connectivity index (χ0v) is 10.1.